The zero-order valence-electron chi connectivity index (χ0n) is 10.3. The van der Waals surface area contributed by atoms with Crippen LogP contribution in [-0.4, -0.2) is 49.7 Å². The van der Waals surface area contributed by atoms with Gasteiger partial charge in [-0.2, -0.15) is 0 Å². The van der Waals surface area contributed by atoms with E-state index in [-0.39, 0.29) is 10.8 Å². The van der Waals surface area contributed by atoms with Gasteiger partial charge in [-0.25, -0.2) is 4.39 Å². The molecule has 2 heterocycles. The molecule has 0 radical (unpaired) electrons. The molecule has 1 amide bonds. The molecule has 6 heteroatoms. The number of rotatable bonds is 4. The maximum absolute atomic E-state index is 13.2. The third-order valence-electron chi connectivity index (χ3n) is 3.01. The van der Waals surface area contributed by atoms with E-state index in [1.165, 1.54) is 6.07 Å². The minimum Gasteiger partial charge on any atom is -0.379 e. The lowest BCUT2D eigenvalue weighted by Gasteiger charge is -2.33. The van der Waals surface area contributed by atoms with Crippen LogP contribution in [-0.2, 0) is 4.74 Å². The Labute approximate surface area is 110 Å². The fraction of sp³-hybridized carbons (Fsp3) is 0.583. The van der Waals surface area contributed by atoms with E-state index in [2.05, 4.69) is 17.1 Å². The molecular weight excluding hydrogens is 255 g/mol. The summed E-state index contributed by atoms with van der Waals surface area (Å²) in [5.41, 5.74) is 0. The monoisotopic (exact) mass is 272 g/mol. The number of nitrogens with zero attached hydrogens (tertiary/aromatic N) is 1. The molecule has 0 saturated carbocycles. The Morgan fingerprint density at radius 1 is 1.72 bits per heavy atom. The van der Waals surface area contributed by atoms with Gasteiger partial charge in [0.1, 0.15) is 10.7 Å². The van der Waals surface area contributed by atoms with E-state index in [4.69, 9.17) is 4.74 Å². The predicted molar refractivity (Wildman–Crippen MR) is 68.5 cm³/mol. The van der Waals surface area contributed by atoms with Crippen molar-refractivity contribution in [2.45, 2.75) is 13.0 Å². The number of halogens is 1. The average molecular weight is 272 g/mol. The van der Waals surface area contributed by atoms with Gasteiger partial charge in [-0.3, -0.25) is 9.69 Å². The molecular formula is C12H17FN2O2S. The smallest absolute Gasteiger partial charge is 0.264 e. The second-order valence-electron chi connectivity index (χ2n) is 4.31. The Kier molecular flexibility index (Phi) is 4.68. The van der Waals surface area contributed by atoms with E-state index >= 15 is 0 Å². The van der Waals surface area contributed by atoms with Gasteiger partial charge in [0.25, 0.3) is 5.91 Å². The molecule has 4 nitrogen and oxygen atoms in total. The molecule has 0 aliphatic carbocycles. The number of ether oxygens (including phenoxy) is 1. The molecule has 1 aromatic heterocycles. The van der Waals surface area contributed by atoms with E-state index in [1.54, 1.807) is 5.38 Å². The molecule has 1 atom stereocenters. The first-order valence-corrected chi connectivity index (χ1v) is 6.89. The Morgan fingerprint density at radius 2 is 2.56 bits per heavy atom. The highest BCUT2D eigenvalue weighted by Crippen LogP contribution is 2.14. The summed E-state index contributed by atoms with van der Waals surface area (Å²) in [7, 11) is 0. The van der Waals surface area contributed by atoms with Crippen molar-refractivity contribution in [3.63, 3.8) is 0 Å². The molecule has 0 bridgehead atoms. The Balaban J connectivity index is 1.75. The highest BCUT2D eigenvalue weighted by atomic mass is 32.1. The van der Waals surface area contributed by atoms with Gasteiger partial charge in [0.15, 0.2) is 0 Å². The predicted octanol–water partition coefficient (Wildman–Crippen LogP) is 1.34. The molecule has 1 N–H and O–H groups in total. The molecule has 1 aliphatic heterocycles. The summed E-state index contributed by atoms with van der Waals surface area (Å²) in [5, 5.41) is 4.32. The first-order chi connectivity index (χ1) is 8.68. The number of morpholine rings is 1. The van der Waals surface area contributed by atoms with E-state index in [0.29, 0.717) is 12.6 Å². The van der Waals surface area contributed by atoms with Crippen LogP contribution in [0.4, 0.5) is 4.39 Å². The summed E-state index contributed by atoms with van der Waals surface area (Å²) < 4.78 is 18.5. The number of amides is 1. The minimum absolute atomic E-state index is 0.157. The van der Waals surface area contributed by atoms with Crippen molar-refractivity contribution in [3.8, 4) is 0 Å². The van der Waals surface area contributed by atoms with Crippen molar-refractivity contribution in [2.24, 2.45) is 0 Å². The zero-order valence-corrected chi connectivity index (χ0v) is 11.1. The van der Waals surface area contributed by atoms with Crippen LogP contribution in [0.25, 0.3) is 0 Å². The summed E-state index contributed by atoms with van der Waals surface area (Å²) in [4.78, 5) is 14.1. The van der Waals surface area contributed by atoms with Crippen LogP contribution >= 0.6 is 11.3 Å². The van der Waals surface area contributed by atoms with Gasteiger partial charge in [0.2, 0.25) is 0 Å². The molecule has 1 unspecified atom stereocenters. The van der Waals surface area contributed by atoms with Crippen LogP contribution in [0.15, 0.2) is 11.4 Å². The highest BCUT2D eigenvalue weighted by molar-refractivity contribution is 7.12. The first kappa shape index (κ1) is 13.5. The Hall–Kier alpha value is -0.980. The van der Waals surface area contributed by atoms with Crippen LogP contribution < -0.4 is 5.32 Å². The van der Waals surface area contributed by atoms with Crippen molar-refractivity contribution in [3.05, 3.63) is 22.1 Å². The maximum Gasteiger partial charge on any atom is 0.264 e. The topological polar surface area (TPSA) is 41.6 Å². The van der Waals surface area contributed by atoms with Crippen LogP contribution in [0, 0.1) is 5.82 Å². The third-order valence-corrected chi connectivity index (χ3v) is 3.90. The van der Waals surface area contributed by atoms with Crippen LogP contribution in [0.1, 0.15) is 16.6 Å². The molecule has 1 fully saturated rings. The van der Waals surface area contributed by atoms with E-state index in [9.17, 15) is 9.18 Å². The summed E-state index contributed by atoms with van der Waals surface area (Å²) in [6.45, 7) is 5.74. The number of hydrogen-bond donors (Lipinski definition) is 1. The summed E-state index contributed by atoms with van der Waals surface area (Å²) >= 11 is 1.12. The highest BCUT2D eigenvalue weighted by Gasteiger charge is 2.19. The van der Waals surface area contributed by atoms with Crippen LogP contribution in [0.2, 0.25) is 0 Å². The minimum atomic E-state index is -0.447. The molecule has 1 aromatic rings. The van der Waals surface area contributed by atoms with Crippen LogP contribution in [0.3, 0.4) is 0 Å². The van der Waals surface area contributed by atoms with Gasteiger partial charge in [0, 0.05) is 25.7 Å². The zero-order chi connectivity index (χ0) is 13.0. The van der Waals surface area contributed by atoms with Gasteiger partial charge in [-0.05, 0) is 18.4 Å². The number of hydrogen-bond acceptors (Lipinski definition) is 4. The van der Waals surface area contributed by atoms with Crippen LogP contribution in [0.5, 0.6) is 0 Å². The van der Waals surface area contributed by atoms with Gasteiger partial charge in [-0.1, -0.05) is 0 Å². The van der Waals surface area contributed by atoms with E-state index in [0.717, 1.165) is 37.6 Å². The van der Waals surface area contributed by atoms with Crippen molar-refractivity contribution in [1.29, 1.82) is 0 Å². The molecule has 1 saturated heterocycles. The van der Waals surface area contributed by atoms with Crippen molar-refractivity contribution in [1.82, 2.24) is 10.2 Å². The third kappa shape index (κ3) is 3.28. The normalized spacial score (nSPS) is 20.9. The second-order valence-corrected chi connectivity index (χ2v) is 5.23. The number of carbonyl (C=O) groups is 1. The van der Waals surface area contributed by atoms with Crippen molar-refractivity contribution >= 4 is 17.2 Å². The van der Waals surface area contributed by atoms with Gasteiger partial charge < -0.3 is 10.1 Å². The van der Waals surface area contributed by atoms with Gasteiger partial charge in [0.05, 0.1) is 13.2 Å². The maximum atomic E-state index is 13.2. The molecule has 2 rings (SSSR count). The standard InChI is InChI=1S/C12H17FN2O2S/c1-9-8-17-6-5-15(9)4-3-14-12(16)11-10(13)2-7-18-11/h2,7,9H,3-6,8H2,1H3,(H,14,16). The summed E-state index contributed by atoms with van der Waals surface area (Å²) in [6.07, 6.45) is 0. The molecule has 0 spiro atoms. The number of thiophene rings is 1. The van der Waals surface area contributed by atoms with E-state index < -0.39 is 5.82 Å². The molecule has 18 heavy (non-hydrogen) atoms. The lowest BCUT2D eigenvalue weighted by molar-refractivity contribution is 0.000542. The first-order valence-electron chi connectivity index (χ1n) is 6.01. The van der Waals surface area contributed by atoms with Crippen molar-refractivity contribution in [2.75, 3.05) is 32.8 Å². The lowest BCUT2D eigenvalue weighted by atomic mass is 10.2. The summed E-state index contributed by atoms with van der Waals surface area (Å²) in [6, 6.07) is 1.68. The van der Waals surface area contributed by atoms with Gasteiger partial charge in [-0.15, -0.1) is 11.3 Å². The number of nitrogens with one attached hydrogen (secondary N) is 1. The fourth-order valence-corrected chi connectivity index (χ4v) is 2.63. The molecule has 0 aromatic carbocycles. The average Bonchev–Trinajstić information content (AvgIpc) is 2.78. The van der Waals surface area contributed by atoms with E-state index in [1.807, 2.05) is 0 Å². The number of carbonyl (C=O) groups excluding carboxylic acids is 1. The SMILES string of the molecule is CC1COCCN1CCNC(=O)c1sccc1F. The fourth-order valence-electron chi connectivity index (χ4n) is 1.94. The van der Waals surface area contributed by atoms with Gasteiger partial charge >= 0.3 is 0 Å². The Bertz CT molecular complexity index is 411. The molecule has 100 valence electrons. The van der Waals surface area contributed by atoms with Crippen molar-refractivity contribution < 1.29 is 13.9 Å². The lowest BCUT2D eigenvalue weighted by Crippen LogP contribution is -2.46. The molecule has 1 aliphatic rings. The Morgan fingerprint density at radius 3 is 3.22 bits per heavy atom. The quantitative estimate of drug-likeness (QED) is 0.899. The summed E-state index contributed by atoms with van der Waals surface area (Å²) in [5.74, 6) is -0.777. The largest absolute Gasteiger partial charge is 0.379 e. The second kappa shape index (κ2) is 6.26.